The van der Waals surface area contributed by atoms with Crippen LogP contribution in [0.5, 0.6) is 11.5 Å². The minimum Gasteiger partial charge on any atom is -0.486 e. The minimum absolute atomic E-state index is 0.0162. The Morgan fingerprint density at radius 2 is 2.11 bits per heavy atom. The van der Waals surface area contributed by atoms with Crippen LogP contribution in [-0.2, 0) is 4.79 Å². The topological polar surface area (TPSA) is 64.8 Å². The van der Waals surface area contributed by atoms with Crippen molar-refractivity contribution in [3.63, 3.8) is 0 Å². The fourth-order valence-corrected chi connectivity index (χ4v) is 2.09. The van der Waals surface area contributed by atoms with Gasteiger partial charge in [-0.25, -0.2) is 0 Å². The summed E-state index contributed by atoms with van der Waals surface area (Å²) in [6, 6.07) is 7.64. The van der Waals surface area contributed by atoms with Crippen molar-refractivity contribution in [1.29, 1.82) is 0 Å². The Morgan fingerprint density at radius 3 is 2.74 bits per heavy atom. The highest BCUT2D eigenvalue weighted by Gasteiger charge is 2.26. The number of carbonyl (C=O) groups is 1. The molecule has 0 saturated carbocycles. The van der Waals surface area contributed by atoms with Gasteiger partial charge in [-0.15, -0.1) is 0 Å². The number of rotatable bonds is 4. The van der Waals surface area contributed by atoms with Crippen LogP contribution < -0.4 is 15.2 Å². The molecule has 0 aromatic heterocycles. The van der Waals surface area contributed by atoms with Gasteiger partial charge in [-0.3, -0.25) is 4.79 Å². The highest BCUT2D eigenvalue weighted by Crippen LogP contribution is 2.31. The Kier molecular flexibility index (Phi) is 4.27. The maximum absolute atomic E-state index is 11.8. The largest absolute Gasteiger partial charge is 0.486 e. The predicted octanol–water partition coefficient (Wildman–Crippen LogP) is 1.02. The Labute approximate surface area is 113 Å². The van der Waals surface area contributed by atoms with E-state index in [0.717, 1.165) is 11.5 Å². The van der Waals surface area contributed by atoms with Crippen LogP contribution in [0.3, 0.4) is 0 Å². The molecule has 1 aliphatic heterocycles. The Balaban J connectivity index is 2.02. The lowest BCUT2D eigenvalue weighted by molar-refractivity contribution is -0.133. The average Bonchev–Trinajstić information content (AvgIpc) is 2.43. The summed E-state index contributed by atoms with van der Waals surface area (Å²) >= 11 is 0. The van der Waals surface area contributed by atoms with Gasteiger partial charge < -0.3 is 20.1 Å². The summed E-state index contributed by atoms with van der Waals surface area (Å²) in [5.41, 5.74) is 5.43. The number of nitrogens with zero attached hydrogens (tertiary/aromatic N) is 1. The van der Waals surface area contributed by atoms with Crippen molar-refractivity contribution in [3.05, 3.63) is 24.3 Å². The Morgan fingerprint density at radius 1 is 1.42 bits per heavy atom. The summed E-state index contributed by atoms with van der Waals surface area (Å²) in [6.45, 7) is 4.87. The van der Waals surface area contributed by atoms with Crippen LogP contribution in [0.25, 0.3) is 0 Å². The van der Waals surface area contributed by atoms with E-state index >= 15 is 0 Å². The number of para-hydroxylation sites is 2. The maximum atomic E-state index is 11.8. The third kappa shape index (κ3) is 3.17. The lowest BCUT2D eigenvalue weighted by Crippen LogP contribution is -2.48. The fourth-order valence-electron chi connectivity index (χ4n) is 2.09. The highest BCUT2D eigenvalue weighted by molar-refractivity contribution is 5.78. The summed E-state index contributed by atoms with van der Waals surface area (Å²) in [5, 5.41) is 0. The Bertz CT molecular complexity index is 448. The zero-order chi connectivity index (χ0) is 13.8. The second kappa shape index (κ2) is 5.93. The third-order valence-corrected chi connectivity index (χ3v) is 3.09. The standard InChI is InChI=1S/C14H20N2O3/c1-10(2)16(14(17)7-15)8-11-9-18-12-5-3-4-6-13(12)19-11/h3-6,10-11H,7-9,15H2,1-2H3. The highest BCUT2D eigenvalue weighted by atomic mass is 16.6. The van der Waals surface area contributed by atoms with Gasteiger partial charge in [0, 0.05) is 6.04 Å². The first-order chi connectivity index (χ1) is 9.11. The van der Waals surface area contributed by atoms with Gasteiger partial charge in [0.1, 0.15) is 6.61 Å². The number of ether oxygens (including phenoxy) is 2. The van der Waals surface area contributed by atoms with Gasteiger partial charge in [0.25, 0.3) is 0 Å². The van der Waals surface area contributed by atoms with Crippen molar-refractivity contribution in [2.75, 3.05) is 19.7 Å². The third-order valence-electron chi connectivity index (χ3n) is 3.09. The van der Waals surface area contributed by atoms with Gasteiger partial charge >= 0.3 is 0 Å². The van der Waals surface area contributed by atoms with Crippen LogP contribution in [0.2, 0.25) is 0 Å². The molecule has 1 aliphatic rings. The molecule has 2 N–H and O–H groups in total. The van der Waals surface area contributed by atoms with E-state index in [9.17, 15) is 4.79 Å². The van der Waals surface area contributed by atoms with Crippen molar-refractivity contribution in [2.24, 2.45) is 5.73 Å². The van der Waals surface area contributed by atoms with Crippen molar-refractivity contribution >= 4 is 5.91 Å². The molecule has 1 aromatic carbocycles. The second-order valence-electron chi connectivity index (χ2n) is 4.84. The maximum Gasteiger partial charge on any atom is 0.236 e. The molecule has 1 unspecified atom stereocenters. The first kappa shape index (κ1) is 13.7. The molecule has 104 valence electrons. The van der Waals surface area contributed by atoms with E-state index in [2.05, 4.69) is 0 Å². The Hall–Kier alpha value is -1.75. The molecule has 1 heterocycles. The van der Waals surface area contributed by atoms with Crippen molar-refractivity contribution < 1.29 is 14.3 Å². The predicted molar refractivity (Wildman–Crippen MR) is 72.3 cm³/mol. The minimum atomic E-state index is -0.159. The van der Waals surface area contributed by atoms with Gasteiger partial charge in [0.05, 0.1) is 13.1 Å². The van der Waals surface area contributed by atoms with E-state index in [-0.39, 0.29) is 24.6 Å². The summed E-state index contributed by atoms with van der Waals surface area (Å²) in [7, 11) is 0. The van der Waals surface area contributed by atoms with Crippen molar-refractivity contribution in [1.82, 2.24) is 4.90 Å². The average molecular weight is 264 g/mol. The quantitative estimate of drug-likeness (QED) is 0.882. The molecule has 5 nitrogen and oxygen atoms in total. The SMILES string of the molecule is CC(C)N(CC1COc2ccccc2O1)C(=O)CN. The van der Waals surface area contributed by atoms with E-state index in [1.165, 1.54) is 0 Å². The monoisotopic (exact) mass is 264 g/mol. The molecule has 1 amide bonds. The van der Waals surface area contributed by atoms with Crippen molar-refractivity contribution in [3.8, 4) is 11.5 Å². The molecule has 0 aliphatic carbocycles. The summed E-state index contributed by atoms with van der Waals surface area (Å²) < 4.78 is 11.5. The van der Waals surface area contributed by atoms with Crippen LogP contribution >= 0.6 is 0 Å². The summed E-state index contributed by atoms with van der Waals surface area (Å²) in [4.78, 5) is 13.5. The number of hydrogen-bond acceptors (Lipinski definition) is 4. The van der Waals surface area contributed by atoms with Gasteiger partial charge in [0.15, 0.2) is 17.6 Å². The molecule has 5 heteroatoms. The lowest BCUT2D eigenvalue weighted by Gasteiger charge is -2.33. The molecule has 0 radical (unpaired) electrons. The number of amides is 1. The van der Waals surface area contributed by atoms with Crippen LogP contribution in [0.4, 0.5) is 0 Å². The molecular weight excluding hydrogens is 244 g/mol. The molecule has 2 rings (SSSR count). The number of carbonyl (C=O) groups excluding carboxylic acids is 1. The fraction of sp³-hybridized carbons (Fsp3) is 0.500. The number of hydrogen-bond donors (Lipinski definition) is 1. The zero-order valence-corrected chi connectivity index (χ0v) is 11.3. The zero-order valence-electron chi connectivity index (χ0n) is 11.3. The van der Waals surface area contributed by atoms with Crippen LogP contribution in [0, 0.1) is 0 Å². The van der Waals surface area contributed by atoms with E-state index < -0.39 is 0 Å². The van der Waals surface area contributed by atoms with Crippen LogP contribution in [-0.4, -0.2) is 42.6 Å². The number of nitrogens with two attached hydrogens (primary N) is 1. The number of fused-ring (bicyclic) bond motifs is 1. The summed E-state index contributed by atoms with van der Waals surface area (Å²) in [6.07, 6.45) is -0.159. The number of benzene rings is 1. The normalized spacial score (nSPS) is 17.4. The summed E-state index contributed by atoms with van der Waals surface area (Å²) in [5.74, 6) is 1.40. The molecular formula is C14H20N2O3. The van der Waals surface area contributed by atoms with E-state index in [1.807, 2.05) is 38.1 Å². The molecule has 0 fully saturated rings. The molecule has 0 bridgehead atoms. The first-order valence-electron chi connectivity index (χ1n) is 6.50. The first-order valence-corrected chi connectivity index (χ1v) is 6.50. The van der Waals surface area contributed by atoms with Gasteiger partial charge in [-0.1, -0.05) is 12.1 Å². The van der Waals surface area contributed by atoms with Gasteiger partial charge in [-0.2, -0.15) is 0 Å². The van der Waals surface area contributed by atoms with E-state index in [0.29, 0.717) is 13.2 Å². The van der Waals surface area contributed by atoms with E-state index in [1.54, 1.807) is 4.90 Å². The van der Waals surface area contributed by atoms with Crippen LogP contribution in [0.1, 0.15) is 13.8 Å². The lowest BCUT2D eigenvalue weighted by atomic mass is 10.2. The van der Waals surface area contributed by atoms with Gasteiger partial charge in [0.2, 0.25) is 5.91 Å². The molecule has 1 atom stereocenters. The molecule has 0 saturated heterocycles. The smallest absolute Gasteiger partial charge is 0.236 e. The molecule has 1 aromatic rings. The van der Waals surface area contributed by atoms with Crippen molar-refractivity contribution in [2.45, 2.75) is 26.0 Å². The second-order valence-corrected chi connectivity index (χ2v) is 4.84. The van der Waals surface area contributed by atoms with Crippen LogP contribution in [0.15, 0.2) is 24.3 Å². The molecule has 19 heavy (non-hydrogen) atoms. The van der Waals surface area contributed by atoms with Gasteiger partial charge in [-0.05, 0) is 26.0 Å². The van der Waals surface area contributed by atoms with E-state index in [4.69, 9.17) is 15.2 Å². The molecule has 0 spiro atoms.